The number of hydrogen-bond acceptors (Lipinski definition) is 12. The molecule has 0 aromatic heterocycles. The molecule has 6 fully saturated rings. The standard InChI is InChI=1S/C30H43O12P/c1-27(2)35-15-17(37-27)21-25(41-29(5,6)39-21)33-19(15)23(31)43(14-12-10-9-11-13-14)24(32)20-16-18(38-28(3,4)36-16)22-26(34-20)42-30(7,8)40-22/h9-13,15-26,31-32H,1-8H3/t15-,16-,17+,18+,19?,20?,21-,22-,23-,24-,25-,26-,43?/m0/s1. The maximum atomic E-state index is 12.3. The van der Waals surface area contributed by atoms with Gasteiger partial charge in [-0.05, 0) is 68.6 Å². The Bertz CT molecular complexity index is 1120. The fraction of sp³-hybridized carbons (Fsp3) is 0.800. The van der Waals surface area contributed by atoms with Gasteiger partial charge in [0.15, 0.2) is 35.7 Å². The molecule has 12 atom stereocenters. The van der Waals surface area contributed by atoms with Crippen molar-refractivity contribution in [1.82, 2.24) is 0 Å². The van der Waals surface area contributed by atoms with Crippen LogP contribution in [-0.2, 0) is 47.4 Å². The Kier molecular flexibility index (Phi) is 7.40. The monoisotopic (exact) mass is 626 g/mol. The minimum absolute atomic E-state index is 0.549. The van der Waals surface area contributed by atoms with Crippen molar-refractivity contribution >= 4 is 13.2 Å². The lowest BCUT2D eigenvalue weighted by atomic mass is 9.99. The molecule has 6 saturated heterocycles. The molecule has 0 radical (unpaired) electrons. The van der Waals surface area contributed by atoms with E-state index in [9.17, 15) is 10.2 Å². The van der Waals surface area contributed by atoms with Gasteiger partial charge in [-0.15, -0.1) is 0 Å². The van der Waals surface area contributed by atoms with Gasteiger partial charge in [0.05, 0.1) is 0 Å². The van der Waals surface area contributed by atoms with Crippen LogP contribution in [0.4, 0.5) is 0 Å². The van der Waals surface area contributed by atoms with Gasteiger partial charge in [0, 0.05) is 0 Å². The van der Waals surface area contributed by atoms with Gasteiger partial charge in [0.25, 0.3) is 0 Å². The molecule has 0 aliphatic carbocycles. The lowest BCUT2D eigenvalue weighted by Crippen LogP contribution is -2.61. The Labute approximate surface area is 252 Å². The summed E-state index contributed by atoms with van der Waals surface area (Å²) in [5.41, 5.74) is 0. The average molecular weight is 627 g/mol. The number of benzene rings is 1. The molecule has 0 saturated carbocycles. The van der Waals surface area contributed by atoms with Gasteiger partial charge in [-0.2, -0.15) is 0 Å². The molecular formula is C30H43O12P. The van der Waals surface area contributed by atoms with E-state index in [0.29, 0.717) is 0 Å². The van der Waals surface area contributed by atoms with Crippen LogP contribution in [0.25, 0.3) is 0 Å². The van der Waals surface area contributed by atoms with Crippen molar-refractivity contribution in [2.75, 3.05) is 0 Å². The second-order valence-corrected chi connectivity index (χ2v) is 16.2. The molecular weight excluding hydrogens is 583 g/mol. The van der Waals surface area contributed by atoms with E-state index in [0.717, 1.165) is 5.30 Å². The van der Waals surface area contributed by atoms with E-state index in [1.54, 1.807) is 0 Å². The fourth-order valence-corrected chi connectivity index (χ4v) is 9.70. The van der Waals surface area contributed by atoms with Crippen molar-refractivity contribution in [3.05, 3.63) is 30.3 Å². The predicted octanol–water partition coefficient (Wildman–Crippen LogP) is 2.22. The van der Waals surface area contributed by atoms with Crippen LogP contribution in [-0.4, -0.2) is 106 Å². The van der Waals surface area contributed by atoms with E-state index in [-0.39, 0.29) is 0 Å². The lowest BCUT2D eigenvalue weighted by Gasteiger charge is -2.45. The second kappa shape index (κ2) is 10.3. The highest BCUT2D eigenvalue weighted by Crippen LogP contribution is 2.55. The Balaban J connectivity index is 1.23. The molecule has 6 aliphatic heterocycles. The molecule has 2 N–H and O–H groups in total. The van der Waals surface area contributed by atoms with Crippen molar-refractivity contribution in [3.63, 3.8) is 0 Å². The van der Waals surface area contributed by atoms with Crippen LogP contribution in [0.3, 0.4) is 0 Å². The first kappa shape index (κ1) is 30.8. The molecule has 6 aliphatic rings. The first-order valence-corrected chi connectivity index (χ1v) is 16.4. The fourth-order valence-electron chi connectivity index (χ4n) is 7.14. The van der Waals surface area contributed by atoms with Crippen molar-refractivity contribution < 1.29 is 57.6 Å². The highest BCUT2D eigenvalue weighted by molar-refractivity contribution is 7.66. The topological polar surface area (TPSA) is 133 Å². The highest BCUT2D eigenvalue weighted by atomic mass is 31.1. The zero-order valence-corrected chi connectivity index (χ0v) is 26.6. The maximum absolute atomic E-state index is 12.3. The van der Waals surface area contributed by atoms with E-state index in [4.69, 9.17) is 47.4 Å². The molecule has 240 valence electrons. The van der Waals surface area contributed by atoms with Crippen LogP contribution in [0, 0.1) is 0 Å². The van der Waals surface area contributed by atoms with Crippen LogP contribution in [0.1, 0.15) is 55.4 Å². The summed E-state index contributed by atoms with van der Waals surface area (Å²) in [6, 6.07) is 9.39. The highest BCUT2D eigenvalue weighted by Gasteiger charge is 2.65. The van der Waals surface area contributed by atoms with Crippen LogP contribution < -0.4 is 5.30 Å². The van der Waals surface area contributed by atoms with Crippen LogP contribution in [0.2, 0.25) is 0 Å². The molecule has 13 heteroatoms. The van der Waals surface area contributed by atoms with E-state index in [1.165, 1.54) is 0 Å². The lowest BCUT2D eigenvalue weighted by molar-refractivity contribution is -0.248. The van der Waals surface area contributed by atoms with Gasteiger partial charge in [0.2, 0.25) is 0 Å². The summed E-state index contributed by atoms with van der Waals surface area (Å²) in [5, 5.41) is 25.3. The minimum atomic E-state index is -1.82. The zero-order chi connectivity index (χ0) is 30.7. The third-order valence-corrected chi connectivity index (χ3v) is 11.2. The summed E-state index contributed by atoms with van der Waals surface area (Å²) in [4.78, 5) is 0. The molecule has 0 spiro atoms. The van der Waals surface area contributed by atoms with Crippen molar-refractivity contribution in [2.45, 2.75) is 152 Å². The summed E-state index contributed by atoms with van der Waals surface area (Å²) >= 11 is 0. The van der Waals surface area contributed by atoms with Gasteiger partial charge in [0.1, 0.15) is 60.5 Å². The number of fused-ring (bicyclic) bond motifs is 6. The normalized spacial score (nSPS) is 45.4. The number of aliphatic hydroxyl groups excluding tert-OH is 2. The van der Waals surface area contributed by atoms with Crippen molar-refractivity contribution in [1.29, 1.82) is 0 Å². The van der Waals surface area contributed by atoms with Crippen molar-refractivity contribution in [3.8, 4) is 0 Å². The molecule has 1 aromatic carbocycles. The maximum Gasteiger partial charge on any atom is 0.190 e. The second-order valence-electron chi connectivity index (χ2n) is 13.8. The molecule has 1 aromatic rings. The predicted molar refractivity (Wildman–Crippen MR) is 150 cm³/mol. The van der Waals surface area contributed by atoms with Crippen molar-refractivity contribution in [2.24, 2.45) is 0 Å². The van der Waals surface area contributed by atoms with E-state index in [1.807, 2.05) is 85.7 Å². The molecule has 0 bridgehead atoms. The largest absolute Gasteiger partial charge is 0.385 e. The number of hydrogen-bond donors (Lipinski definition) is 2. The summed E-state index contributed by atoms with van der Waals surface area (Å²) in [5.74, 6) is -6.17. The summed E-state index contributed by atoms with van der Waals surface area (Å²) in [6.45, 7) is 14.5. The van der Waals surface area contributed by atoms with Gasteiger partial charge < -0.3 is 57.6 Å². The number of aliphatic hydroxyl groups is 2. The minimum Gasteiger partial charge on any atom is -0.385 e. The Morgan fingerprint density at radius 2 is 0.860 bits per heavy atom. The number of ether oxygens (including phenoxy) is 10. The van der Waals surface area contributed by atoms with Gasteiger partial charge in [-0.25, -0.2) is 0 Å². The van der Waals surface area contributed by atoms with E-state index < -0.39 is 104 Å². The molecule has 7 rings (SSSR count). The molecule has 0 amide bonds. The summed E-state index contributed by atoms with van der Waals surface area (Å²) in [7, 11) is -1.82. The van der Waals surface area contributed by atoms with Crippen LogP contribution in [0.5, 0.6) is 0 Å². The molecule has 12 nitrogen and oxygen atoms in total. The smallest absolute Gasteiger partial charge is 0.190 e. The third-order valence-electron chi connectivity index (χ3n) is 8.59. The quantitative estimate of drug-likeness (QED) is 0.465. The Morgan fingerprint density at radius 3 is 1.28 bits per heavy atom. The van der Waals surface area contributed by atoms with Crippen LogP contribution in [0.15, 0.2) is 30.3 Å². The first-order chi connectivity index (χ1) is 20.0. The molecule has 43 heavy (non-hydrogen) atoms. The molecule has 2 unspecified atom stereocenters. The average Bonchev–Trinajstić information content (AvgIpc) is 3.60. The van der Waals surface area contributed by atoms with Gasteiger partial charge >= 0.3 is 0 Å². The van der Waals surface area contributed by atoms with Gasteiger partial charge in [-0.3, -0.25) is 0 Å². The van der Waals surface area contributed by atoms with Gasteiger partial charge in [-0.1, -0.05) is 30.3 Å². The Hall–Kier alpha value is -0.830. The summed E-state index contributed by atoms with van der Waals surface area (Å²) in [6.07, 6.45) is -7.03. The SMILES string of the molecule is CC1(C)O[C@@H]2OC([C@@H](O)P(c3ccccc3)[C@H](O)C3O[C@H]4OC(C)(C)O[C@H]4[C@@H]4OC(C)(C)O[C@H]34)[C@H]3OC(C)(C)O[C@H]3[C@@H]2O1. The van der Waals surface area contributed by atoms with Crippen LogP contribution >= 0.6 is 7.92 Å². The van der Waals surface area contributed by atoms with E-state index >= 15 is 0 Å². The summed E-state index contributed by atoms with van der Waals surface area (Å²) < 4.78 is 62.5. The first-order valence-electron chi connectivity index (χ1n) is 15.0. The Morgan fingerprint density at radius 1 is 0.512 bits per heavy atom. The zero-order valence-electron chi connectivity index (χ0n) is 25.7. The van der Waals surface area contributed by atoms with E-state index in [2.05, 4.69) is 0 Å². The molecule has 6 heterocycles. The third kappa shape index (κ3) is 5.50. The number of rotatable bonds is 5.